The van der Waals surface area contributed by atoms with Crippen LogP contribution < -0.4 is 4.72 Å². The number of halogens is 1. The fourth-order valence-electron chi connectivity index (χ4n) is 2.96. The molecule has 142 valence electrons. The molecule has 0 atom stereocenters. The standard InChI is InChI=1S/C21H17ClN2O3S/c22-17-12-19(20(25)16-4-2-1-3-5-16)21(23-13-17)24-28(26,27)18-10-8-15(9-11-18)14-6-7-14/h1-5,8-14H,6-7H2,(H,23,24). The maximum atomic E-state index is 12.8. The highest BCUT2D eigenvalue weighted by atomic mass is 35.5. The van der Waals surface area contributed by atoms with Gasteiger partial charge >= 0.3 is 0 Å². The molecule has 0 unspecified atom stereocenters. The molecule has 0 saturated heterocycles. The molecule has 0 bridgehead atoms. The van der Waals surface area contributed by atoms with Crippen LogP contribution in [0, 0.1) is 0 Å². The lowest BCUT2D eigenvalue weighted by atomic mass is 10.0. The van der Waals surface area contributed by atoms with Gasteiger partial charge in [0.15, 0.2) is 11.6 Å². The lowest BCUT2D eigenvalue weighted by Gasteiger charge is -2.12. The van der Waals surface area contributed by atoms with Gasteiger partial charge in [0.2, 0.25) is 0 Å². The van der Waals surface area contributed by atoms with Crippen molar-refractivity contribution in [2.45, 2.75) is 23.7 Å². The van der Waals surface area contributed by atoms with Crippen LogP contribution in [0.1, 0.15) is 40.2 Å². The van der Waals surface area contributed by atoms with Crippen LogP contribution in [0.15, 0.2) is 71.8 Å². The molecule has 28 heavy (non-hydrogen) atoms. The van der Waals surface area contributed by atoms with E-state index in [1.807, 2.05) is 12.1 Å². The number of pyridine rings is 1. The highest BCUT2D eigenvalue weighted by Gasteiger charge is 2.25. The van der Waals surface area contributed by atoms with Gasteiger partial charge in [-0.3, -0.25) is 9.52 Å². The first-order valence-electron chi connectivity index (χ1n) is 8.82. The van der Waals surface area contributed by atoms with Gasteiger partial charge in [-0.15, -0.1) is 0 Å². The summed E-state index contributed by atoms with van der Waals surface area (Å²) >= 11 is 6.00. The molecule has 0 amide bonds. The van der Waals surface area contributed by atoms with Crippen LogP contribution in [0.25, 0.3) is 0 Å². The van der Waals surface area contributed by atoms with Gasteiger partial charge in [0.25, 0.3) is 10.0 Å². The fraction of sp³-hybridized carbons (Fsp3) is 0.143. The number of carbonyl (C=O) groups excluding carboxylic acids is 1. The lowest BCUT2D eigenvalue weighted by Crippen LogP contribution is -2.17. The molecule has 1 aliphatic rings. The largest absolute Gasteiger partial charge is 0.288 e. The van der Waals surface area contributed by atoms with E-state index in [1.54, 1.807) is 42.5 Å². The van der Waals surface area contributed by atoms with Crippen molar-refractivity contribution in [2.24, 2.45) is 0 Å². The predicted octanol–water partition coefficient (Wildman–Crippen LogP) is 4.64. The van der Waals surface area contributed by atoms with E-state index in [9.17, 15) is 13.2 Å². The summed E-state index contributed by atoms with van der Waals surface area (Å²) in [6.07, 6.45) is 3.59. The van der Waals surface area contributed by atoms with Crippen molar-refractivity contribution in [3.05, 3.63) is 88.6 Å². The van der Waals surface area contributed by atoms with Gasteiger partial charge < -0.3 is 0 Å². The Morgan fingerprint density at radius 2 is 1.71 bits per heavy atom. The summed E-state index contributed by atoms with van der Waals surface area (Å²) in [4.78, 5) is 17.0. The molecule has 5 nitrogen and oxygen atoms in total. The maximum Gasteiger partial charge on any atom is 0.263 e. The van der Waals surface area contributed by atoms with Crippen LogP contribution in [0.5, 0.6) is 0 Å². The Balaban J connectivity index is 1.66. The van der Waals surface area contributed by atoms with Crippen LogP contribution in [0.2, 0.25) is 5.02 Å². The number of benzene rings is 2. The highest BCUT2D eigenvalue weighted by molar-refractivity contribution is 7.92. The van der Waals surface area contributed by atoms with Gasteiger partial charge in [0, 0.05) is 11.8 Å². The molecule has 0 spiro atoms. The number of nitrogens with one attached hydrogen (secondary N) is 1. The average Bonchev–Trinajstić information content (AvgIpc) is 3.55. The Bertz CT molecular complexity index is 1130. The minimum Gasteiger partial charge on any atom is -0.288 e. The number of nitrogens with zero attached hydrogens (tertiary/aromatic N) is 1. The number of ketones is 1. The molecule has 0 aliphatic heterocycles. The van der Waals surface area contributed by atoms with Gasteiger partial charge in [-0.1, -0.05) is 54.1 Å². The molecule has 1 heterocycles. The number of carbonyl (C=O) groups is 1. The Morgan fingerprint density at radius 1 is 1.04 bits per heavy atom. The van der Waals surface area contributed by atoms with Crippen molar-refractivity contribution in [1.29, 1.82) is 0 Å². The van der Waals surface area contributed by atoms with Crippen molar-refractivity contribution in [2.75, 3.05) is 4.72 Å². The van der Waals surface area contributed by atoms with Crippen molar-refractivity contribution in [3.63, 3.8) is 0 Å². The zero-order chi connectivity index (χ0) is 19.7. The van der Waals surface area contributed by atoms with Crippen LogP contribution in [0.3, 0.4) is 0 Å². The zero-order valence-corrected chi connectivity index (χ0v) is 16.4. The molecule has 1 N–H and O–H groups in total. The van der Waals surface area contributed by atoms with E-state index in [0.717, 1.165) is 18.4 Å². The minimum absolute atomic E-state index is 0.0514. The van der Waals surface area contributed by atoms with Crippen molar-refractivity contribution < 1.29 is 13.2 Å². The number of hydrogen-bond acceptors (Lipinski definition) is 4. The van der Waals surface area contributed by atoms with Crippen molar-refractivity contribution in [3.8, 4) is 0 Å². The third kappa shape index (κ3) is 3.93. The second-order valence-electron chi connectivity index (χ2n) is 6.69. The Hall–Kier alpha value is -2.70. The van der Waals surface area contributed by atoms with E-state index in [-0.39, 0.29) is 27.1 Å². The summed E-state index contributed by atoms with van der Waals surface area (Å²) in [6.45, 7) is 0. The van der Waals surface area contributed by atoms with Crippen molar-refractivity contribution in [1.82, 2.24) is 4.98 Å². The molecule has 3 aromatic rings. The van der Waals surface area contributed by atoms with E-state index < -0.39 is 10.0 Å². The average molecular weight is 413 g/mol. The Labute approximate surface area is 168 Å². The molecule has 1 aromatic heterocycles. The predicted molar refractivity (Wildman–Crippen MR) is 108 cm³/mol. The Morgan fingerprint density at radius 3 is 2.36 bits per heavy atom. The molecule has 1 aliphatic carbocycles. The molecule has 1 saturated carbocycles. The molecule has 1 fully saturated rings. The molecule has 4 rings (SSSR count). The third-order valence-corrected chi connectivity index (χ3v) is 6.17. The second-order valence-corrected chi connectivity index (χ2v) is 8.81. The zero-order valence-electron chi connectivity index (χ0n) is 14.8. The summed E-state index contributed by atoms with van der Waals surface area (Å²) in [5, 5.41) is 0.246. The summed E-state index contributed by atoms with van der Waals surface area (Å²) < 4.78 is 28.0. The number of anilines is 1. The van der Waals surface area contributed by atoms with Gasteiger partial charge in [0.1, 0.15) is 0 Å². The van der Waals surface area contributed by atoms with Crippen LogP contribution >= 0.6 is 11.6 Å². The molecule has 0 radical (unpaired) electrons. The third-order valence-electron chi connectivity index (χ3n) is 4.61. The first-order valence-corrected chi connectivity index (χ1v) is 10.7. The van der Waals surface area contributed by atoms with Gasteiger partial charge in [-0.25, -0.2) is 13.4 Å². The summed E-state index contributed by atoms with van der Waals surface area (Å²) in [6, 6.07) is 16.8. The highest BCUT2D eigenvalue weighted by Crippen LogP contribution is 2.40. The monoisotopic (exact) mass is 412 g/mol. The fourth-order valence-corrected chi connectivity index (χ4v) is 4.15. The number of rotatable bonds is 6. The smallest absolute Gasteiger partial charge is 0.263 e. The van der Waals surface area contributed by atoms with E-state index in [0.29, 0.717) is 11.5 Å². The van der Waals surface area contributed by atoms with Gasteiger partial charge in [-0.2, -0.15) is 0 Å². The van der Waals surface area contributed by atoms with Crippen LogP contribution in [-0.2, 0) is 10.0 Å². The lowest BCUT2D eigenvalue weighted by molar-refractivity contribution is 0.103. The Kier molecular flexibility index (Phi) is 4.91. The van der Waals surface area contributed by atoms with Gasteiger partial charge in [-0.05, 0) is 42.5 Å². The number of hydrogen-bond donors (Lipinski definition) is 1. The first kappa shape index (κ1) is 18.7. The quantitative estimate of drug-likeness (QED) is 0.598. The van der Waals surface area contributed by atoms with Gasteiger partial charge in [0.05, 0.1) is 15.5 Å². The summed E-state index contributed by atoms with van der Waals surface area (Å²) in [5.74, 6) is 0.125. The second kappa shape index (κ2) is 7.37. The number of aromatic nitrogens is 1. The maximum absolute atomic E-state index is 12.8. The summed E-state index contributed by atoms with van der Waals surface area (Å²) in [5.41, 5.74) is 1.65. The van der Waals surface area contributed by atoms with Crippen LogP contribution in [-0.4, -0.2) is 19.2 Å². The van der Waals surface area contributed by atoms with E-state index >= 15 is 0 Å². The topological polar surface area (TPSA) is 76.1 Å². The molecule has 2 aromatic carbocycles. The summed E-state index contributed by atoms with van der Waals surface area (Å²) in [7, 11) is -3.89. The van der Waals surface area contributed by atoms with E-state index in [4.69, 9.17) is 11.6 Å². The van der Waals surface area contributed by atoms with E-state index in [1.165, 1.54) is 12.3 Å². The number of sulfonamides is 1. The SMILES string of the molecule is O=C(c1ccccc1)c1cc(Cl)cnc1NS(=O)(=O)c1ccc(C2CC2)cc1. The van der Waals surface area contributed by atoms with Crippen molar-refractivity contribution >= 4 is 33.2 Å². The van der Waals surface area contributed by atoms with Crippen LogP contribution in [0.4, 0.5) is 5.82 Å². The molecular formula is C21H17ClN2O3S. The first-order chi connectivity index (χ1) is 13.4. The van der Waals surface area contributed by atoms with E-state index in [2.05, 4.69) is 9.71 Å². The normalized spacial score (nSPS) is 13.9. The molecular weight excluding hydrogens is 396 g/mol. The minimum atomic E-state index is -3.89. The molecule has 7 heteroatoms.